The zero-order valence-corrected chi connectivity index (χ0v) is 22.2. The van der Waals surface area contributed by atoms with E-state index in [1.165, 1.54) is 22.4 Å². The number of benzene rings is 3. The van der Waals surface area contributed by atoms with Gasteiger partial charge in [0, 0.05) is 43.7 Å². The molecule has 0 radical (unpaired) electrons. The number of hydrogen-bond acceptors (Lipinski definition) is 6. The van der Waals surface area contributed by atoms with Crippen molar-refractivity contribution < 1.29 is 17.9 Å². The number of carbonyl (C=O) groups is 1. The molecule has 1 aromatic heterocycles. The normalized spacial score (nSPS) is 14.5. The quantitative estimate of drug-likeness (QED) is 0.252. The fraction of sp³-hybridized carbons (Fsp3) is 0.167. The van der Waals surface area contributed by atoms with E-state index in [-0.39, 0.29) is 10.8 Å². The summed E-state index contributed by atoms with van der Waals surface area (Å²) in [6.45, 7) is 3.22. The number of aromatic nitrogens is 1. The van der Waals surface area contributed by atoms with Crippen molar-refractivity contribution in [1.82, 2.24) is 8.87 Å². The number of para-hydroxylation sites is 2. The fourth-order valence-corrected chi connectivity index (χ4v) is 6.18. The summed E-state index contributed by atoms with van der Waals surface area (Å²) in [5.41, 5.74) is 9.63. The molecule has 8 nitrogen and oxygen atoms in total. The largest absolute Gasteiger partial charge is 0.397 e. The molecule has 2 heterocycles. The van der Waals surface area contributed by atoms with Crippen LogP contribution in [0.4, 0.5) is 11.4 Å². The van der Waals surface area contributed by atoms with Crippen molar-refractivity contribution in [3.8, 4) is 11.1 Å². The average molecular weight is 543 g/mol. The van der Waals surface area contributed by atoms with Crippen LogP contribution in [0.3, 0.4) is 0 Å². The minimum absolute atomic E-state index is 0.270. The third-order valence-electron chi connectivity index (χ3n) is 6.55. The molecule has 1 saturated heterocycles. The molecule has 1 aliphatic rings. The number of nitrogens with two attached hydrogens (primary N) is 1. The topological polar surface area (TPSA) is 107 Å². The molecule has 3 N–H and O–H groups in total. The van der Waals surface area contributed by atoms with Crippen molar-refractivity contribution in [1.29, 1.82) is 0 Å². The van der Waals surface area contributed by atoms with Crippen LogP contribution in [-0.4, -0.2) is 49.5 Å². The molecule has 4 aromatic rings. The fourth-order valence-electron chi connectivity index (χ4n) is 4.56. The van der Waals surface area contributed by atoms with Crippen LogP contribution in [-0.2, 0) is 26.1 Å². The highest BCUT2D eigenvalue weighted by Crippen LogP contribution is 2.33. The highest BCUT2D eigenvalue weighted by atomic mass is 32.2. The number of amides is 1. The van der Waals surface area contributed by atoms with Gasteiger partial charge < -0.3 is 15.8 Å². The number of morpholine rings is 1. The van der Waals surface area contributed by atoms with Crippen LogP contribution in [0.15, 0.2) is 102 Å². The zero-order chi connectivity index (χ0) is 27.2. The van der Waals surface area contributed by atoms with E-state index in [0.717, 1.165) is 24.2 Å². The summed E-state index contributed by atoms with van der Waals surface area (Å²) in [6.07, 6.45) is 5.93. The number of ether oxygens (including phenoxy) is 1. The van der Waals surface area contributed by atoms with Crippen LogP contribution >= 0.6 is 0 Å². The Morgan fingerprint density at radius 3 is 2.46 bits per heavy atom. The van der Waals surface area contributed by atoms with Crippen molar-refractivity contribution in [2.75, 3.05) is 37.4 Å². The van der Waals surface area contributed by atoms with E-state index >= 15 is 0 Å². The van der Waals surface area contributed by atoms with Gasteiger partial charge >= 0.3 is 0 Å². The molecule has 0 spiro atoms. The minimum atomic E-state index is -3.96. The SMILES string of the molecule is Nc1ccccc1NC(=O)/C=C/c1ccn(S(=O)(=O)c2c(CN3CCOCC3)cccc2-c2ccccc2)c1. The molecule has 0 saturated carbocycles. The molecular weight excluding hydrogens is 512 g/mol. The number of rotatable bonds is 8. The Balaban J connectivity index is 1.46. The first kappa shape index (κ1) is 26.4. The van der Waals surface area contributed by atoms with Gasteiger partial charge in [0.25, 0.3) is 10.0 Å². The second-order valence-electron chi connectivity index (χ2n) is 9.24. The average Bonchev–Trinajstić information content (AvgIpc) is 3.44. The summed E-state index contributed by atoms with van der Waals surface area (Å²) >= 11 is 0. The summed E-state index contributed by atoms with van der Waals surface area (Å²) in [5, 5.41) is 2.73. The van der Waals surface area contributed by atoms with Gasteiger partial charge in [0.2, 0.25) is 5.91 Å². The molecule has 0 unspecified atom stereocenters. The van der Waals surface area contributed by atoms with E-state index in [0.29, 0.717) is 42.3 Å². The van der Waals surface area contributed by atoms with Gasteiger partial charge in [0.1, 0.15) is 4.90 Å². The third kappa shape index (κ3) is 6.12. The Labute approximate surface area is 228 Å². The minimum Gasteiger partial charge on any atom is -0.397 e. The van der Waals surface area contributed by atoms with Crippen LogP contribution in [0.5, 0.6) is 0 Å². The van der Waals surface area contributed by atoms with Crippen LogP contribution in [0.25, 0.3) is 17.2 Å². The van der Waals surface area contributed by atoms with E-state index in [2.05, 4.69) is 10.2 Å². The van der Waals surface area contributed by atoms with E-state index in [1.807, 2.05) is 48.5 Å². The predicted molar refractivity (Wildman–Crippen MR) is 154 cm³/mol. The number of carbonyl (C=O) groups excluding carboxylic acids is 1. The first-order valence-electron chi connectivity index (χ1n) is 12.7. The van der Waals surface area contributed by atoms with Crippen molar-refractivity contribution >= 4 is 33.4 Å². The maximum absolute atomic E-state index is 14.1. The maximum atomic E-state index is 14.1. The van der Waals surface area contributed by atoms with E-state index < -0.39 is 10.0 Å². The Morgan fingerprint density at radius 1 is 0.949 bits per heavy atom. The Morgan fingerprint density at radius 2 is 1.69 bits per heavy atom. The van der Waals surface area contributed by atoms with Gasteiger partial charge in [0.15, 0.2) is 0 Å². The van der Waals surface area contributed by atoms with E-state index in [4.69, 9.17) is 10.5 Å². The number of nitrogens with zero attached hydrogens (tertiary/aromatic N) is 2. The van der Waals surface area contributed by atoms with E-state index in [1.54, 1.807) is 36.4 Å². The first-order chi connectivity index (χ1) is 18.9. The predicted octanol–water partition coefficient (Wildman–Crippen LogP) is 4.46. The number of nitrogens with one attached hydrogen (secondary N) is 1. The summed E-state index contributed by atoms with van der Waals surface area (Å²) in [5.74, 6) is -0.370. The van der Waals surface area contributed by atoms with Gasteiger partial charge in [-0.3, -0.25) is 9.69 Å². The molecule has 1 amide bonds. The van der Waals surface area contributed by atoms with Crippen LogP contribution in [0, 0.1) is 0 Å². The summed E-state index contributed by atoms with van der Waals surface area (Å²) < 4.78 is 34.9. The van der Waals surface area contributed by atoms with Gasteiger partial charge in [0.05, 0.1) is 24.6 Å². The summed E-state index contributed by atoms with van der Waals surface area (Å²) in [6, 6.07) is 23.8. The van der Waals surface area contributed by atoms with Crippen molar-refractivity contribution in [3.63, 3.8) is 0 Å². The summed E-state index contributed by atoms with van der Waals surface area (Å²) in [4.78, 5) is 14.9. The zero-order valence-electron chi connectivity index (χ0n) is 21.4. The van der Waals surface area contributed by atoms with Gasteiger partial charge in [-0.15, -0.1) is 0 Å². The molecule has 0 aliphatic carbocycles. The lowest BCUT2D eigenvalue weighted by Gasteiger charge is -2.28. The second kappa shape index (κ2) is 11.7. The molecule has 5 rings (SSSR count). The third-order valence-corrected chi connectivity index (χ3v) is 8.33. The van der Waals surface area contributed by atoms with Crippen molar-refractivity contribution in [3.05, 3.63) is 108 Å². The van der Waals surface area contributed by atoms with Crippen molar-refractivity contribution in [2.24, 2.45) is 0 Å². The van der Waals surface area contributed by atoms with Crippen molar-refractivity contribution in [2.45, 2.75) is 11.4 Å². The number of nitrogen functional groups attached to an aromatic ring is 1. The molecule has 0 atom stereocenters. The van der Waals surface area contributed by atoms with Crippen LogP contribution < -0.4 is 11.1 Å². The molecule has 9 heteroatoms. The lowest BCUT2D eigenvalue weighted by Crippen LogP contribution is -2.36. The van der Waals surface area contributed by atoms with Crippen LogP contribution in [0.2, 0.25) is 0 Å². The molecule has 39 heavy (non-hydrogen) atoms. The molecule has 200 valence electrons. The Bertz CT molecular complexity index is 1590. The molecule has 3 aromatic carbocycles. The maximum Gasteiger partial charge on any atom is 0.268 e. The monoisotopic (exact) mass is 542 g/mol. The van der Waals surface area contributed by atoms with Gasteiger partial charge in [-0.25, -0.2) is 12.4 Å². The Hall–Kier alpha value is -4.18. The van der Waals surface area contributed by atoms with Crippen LogP contribution in [0.1, 0.15) is 11.1 Å². The standard InChI is InChI=1S/C30H30N4O4S/c31-27-11-4-5-12-28(27)32-29(35)14-13-23-15-16-34(21-23)39(36,37)30-25(22-33-17-19-38-20-18-33)9-6-10-26(30)24-7-2-1-3-8-24/h1-16,21H,17-20,22,31H2,(H,32,35)/b14-13+. The Kier molecular flexibility index (Phi) is 7.92. The highest BCUT2D eigenvalue weighted by Gasteiger charge is 2.26. The number of anilines is 2. The van der Waals surface area contributed by atoms with E-state index in [9.17, 15) is 13.2 Å². The molecule has 1 fully saturated rings. The lowest BCUT2D eigenvalue weighted by atomic mass is 10.0. The van der Waals surface area contributed by atoms with Gasteiger partial charge in [-0.2, -0.15) is 0 Å². The first-order valence-corrected chi connectivity index (χ1v) is 14.1. The van der Waals surface area contributed by atoms with Gasteiger partial charge in [-0.05, 0) is 41.0 Å². The molecule has 1 aliphatic heterocycles. The number of hydrogen-bond donors (Lipinski definition) is 2. The smallest absolute Gasteiger partial charge is 0.268 e. The molecular formula is C30H30N4O4S. The molecule has 0 bridgehead atoms. The highest BCUT2D eigenvalue weighted by molar-refractivity contribution is 7.90. The van der Waals surface area contributed by atoms with Gasteiger partial charge in [-0.1, -0.05) is 60.7 Å². The lowest BCUT2D eigenvalue weighted by molar-refractivity contribution is -0.111. The summed E-state index contributed by atoms with van der Waals surface area (Å²) in [7, 11) is -3.96. The second-order valence-corrected chi connectivity index (χ2v) is 11.0.